The summed E-state index contributed by atoms with van der Waals surface area (Å²) in [4.78, 5) is 40.0. The van der Waals surface area contributed by atoms with Crippen molar-refractivity contribution in [3.63, 3.8) is 0 Å². The van der Waals surface area contributed by atoms with Crippen molar-refractivity contribution in [2.24, 2.45) is 5.73 Å². The van der Waals surface area contributed by atoms with Gasteiger partial charge in [0, 0.05) is 6.20 Å². The summed E-state index contributed by atoms with van der Waals surface area (Å²) < 4.78 is 1.48. The number of nitrogens with zero attached hydrogens (tertiary/aromatic N) is 2. The highest BCUT2D eigenvalue weighted by Crippen LogP contribution is 2.09. The van der Waals surface area contributed by atoms with E-state index in [2.05, 4.69) is 10.3 Å². The standard InChI is InChI=1S/C20H18N4O3/c1-13-4-2-5-14(10-13)12-24-9-3-6-16(20(24)27)19(26)23-15-7-8-17(18(21)25)22-11-15/h2-11H,12H2,1H3,(H2,21,25)(H,23,26). The number of aromatic nitrogens is 2. The predicted octanol–water partition coefficient (Wildman–Crippen LogP) is 1.95. The highest BCUT2D eigenvalue weighted by molar-refractivity contribution is 6.04. The van der Waals surface area contributed by atoms with Gasteiger partial charge in [0.15, 0.2) is 0 Å². The molecule has 3 aromatic rings. The summed E-state index contributed by atoms with van der Waals surface area (Å²) in [6.45, 7) is 2.35. The highest BCUT2D eigenvalue weighted by Gasteiger charge is 2.13. The second kappa shape index (κ2) is 7.65. The zero-order valence-electron chi connectivity index (χ0n) is 14.7. The molecule has 0 aliphatic rings. The van der Waals surface area contributed by atoms with E-state index in [1.165, 1.54) is 29.0 Å². The molecule has 3 N–H and O–H groups in total. The van der Waals surface area contributed by atoms with Crippen molar-refractivity contribution in [1.29, 1.82) is 0 Å². The molecule has 0 spiro atoms. The van der Waals surface area contributed by atoms with Crippen LogP contribution in [0.15, 0.2) is 65.7 Å². The van der Waals surface area contributed by atoms with Crippen molar-refractivity contribution in [3.8, 4) is 0 Å². The van der Waals surface area contributed by atoms with E-state index < -0.39 is 17.4 Å². The Morgan fingerprint density at radius 3 is 2.63 bits per heavy atom. The molecule has 0 bridgehead atoms. The maximum Gasteiger partial charge on any atom is 0.267 e. The number of rotatable bonds is 5. The molecule has 0 aliphatic heterocycles. The van der Waals surface area contributed by atoms with Crippen molar-refractivity contribution in [2.45, 2.75) is 13.5 Å². The molecule has 7 nitrogen and oxygen atoms in total. The Morgan fingerprint density at radius 1 is 1.15 bits per heavy atom. The number of aryl methyl sites for hydroxylation is 1. The molecule has 0 saturated heterocycles. The van der Waals surface area contributed by atoms with Gasteiger partial charge in [-0.3, -0.25) is 14.4 Å². The number of hydrogen-bond acceptors (Lipinski definition) is 4. The molecule has 0 radical (unpaired) electrons. The molecule has 2 aromatic heterocycles. The minimum absolute atomic E-state index is 0.0177. The lowest BCUT2D eigenvalue weighted by atomic mass is 10.1. The zero-order chi connectivity index (χ0) is 19.4. The van der Waals surface area contributed by atoms with Gasteiger partial charge in [-0.15, -0.1) is 0 Å². The summed E-state index contributed by atoms with van der Waals surface area (Å²) in [5, 5.41) is 2.60. The smallest absolute Gasteiger partial charge is 0.267 e. The van der Waals surface area contributed by atoms with Crippen LogP contribution in [0.5, 0.6) is 0 Å². The van der Waals surface area contributed by atoms with Gasteiger partial charge in [0.1, 0.15) is 11.3 Å². The number of amides is 2. The van der Waals surface area contributed by atoms with E-state index in [1.807, 2.05) is 31.2 Å². The normalized spacial score (nSPS) is 10.4. The Kier molecular flexibility index (Phi) is 5.12. The first-order chi connectivity index (χ1) is 12.9. The number of hydrogen-bond donors (Lipinski definition) is 2. The van der Waals surface area contributed by atoms with Crippen LogP contribution in [0, 0.1) is 6.92 Å². The average molecular weight is 362 g/mol. The third-order valence-electron chi connectivity index (χ3n) is 3.97. The Bertz CT molecular complexity index is 1060. The fourth-order valence-electron chi connectivity index (χ4n) is 2.65. The Morgan fingerprint density at radius 2 is 1.96 bits per heavy atom. The Hall–Kier alpha value is -3.74. The lowest BCUT2D eigenvalue weighted by Gasteiger charge is -2.09. The summed E-state index contributed by atoms with van der Waals surface area (Å²) in [6, 6.07) is 13.8. The SMILES string of the molecule is Cc1cccc(Cn2cccc(C(=O)Nc3ccc(C(N)=O)nc3)c2=O)c1. The number of pyridine rings is 2. The number of carbonyl (C=O) groups excluding carboxylic acids is 2. The van der Waals surface area contributed by atoms with Gasteiger partial charge in [-0.1, -0.05) is 29.8 Å². The third-order valence-corrected chi connectivity index (χ3v) is 3.97. The van der Waals surface area contributed by atoms with Crippen LogP contribution in [0.4, 0.5) is 5.69 Å². The number of nitrogens with two attached hydrogens (primary N) is 1. The molecule has 0 unspecified atom stereocenters. The maximum atomic E-state index is 12.7. The van der Waals surface area contributed by atoms with E-state index in [0.29, 0.717) is 12.2 Å². The van der Waals surface area contributed by atoms with Crippen molar-refractivity contribution < 1.29 is 9.59 Å². The molecule has 27 heavy (non-hydrogen) atoms. The first kappa shape index (κ1) is 18.1. The average Bonchev–Trinajstić information content (AvgIpc) is 2.64. The first-order valence-corrected chi connectivity index (χ1v) is 8.26. The lowest BCUT2D eigenvalue weighted by Crippen LogP contribution is -2.29. The van der Waals surface area contributed by atoms with Crippen LogP contribution in [-0.4, -0.2) is 21.4 Å². The molecule has 7 heteroatoms. The van der Waals surface area contributed by atoms with Gasteiger partial charge in [0.25, 0.3) is 17.4 Å². The highest BCUT2D eigenvalue weighted by atomic mass is 16.2. The number of anilines is 1. The van der Waals surface area contributed by atoms with Crippen LogP contribution in [0.1, 0.15) is 32.0 Å². The van der Waals surface area contributed by atoms with Crippen LogP contribution in [-0.2, 0) is 6.54 Å². The summed E-state index contributed by atoms with van der Waals surface area (Å²) in [5.74, 6) is -1.21. The Labute approximate surface area is 155 Å². The van der Waals surface area contributed by atoms with Crippen LogP contribution in [0.2, 0.25) is 0 Å². The summed E-state index contributed by atoms with van der Waals surface area (Å²) in [6.07, 6.45) is 2.96. The molecule has 2 heterocycles. The topological polar surface area (TPSA) is 107 Å². The van der Waals surface area contributed by atoms with E-state index in [0.717, 1.165) is 11.1 Å². The minimum atomic E-state index is -0.657. The second-order valence-electron chi connectivity index (χ2n) is 6.09. The van der Waals surface area contributed by atoms with E-state index in [1.54, 1.807) is 12.3 Å². The summed E-state index contributed by atoms with van der Waals surface area (Å²) >= 11 is 0. The van der Waals surface area contributed by atoms with Crippen LogP contribution in [0.25, 0.3) is 0 Å². The molecular formula is C20H18N4O3. The van der Waals surface area contributed by atoms with E-state index >= 15 is 0 Å². The first-order valence-electron chi connectivity index (χ1n) is 8.26. The van der Waals surface area contributed by atoms with Gasteiger partial charge in [-0.2, -0.15) is 0 Å². The van der Waals surface area contributed by atoms with Gasteiger partial charge in [0.2, 0.25) is 0 Å². The molecule has 0 aliphatic carbocycles. The van der Waals surface area contributed by atoms with Crippen molar-refractivity contribution >= 4 is 17.5 Å². The van der Waals surface area contributed by atoms with Gasteiger partial charge < -0.3 is 15.6 Å². The molecule has 0 atom stereocenters. The predicted molar refractivity (Wildman–Crippen MR) is 102 cm³/mol. The number of primary amides is 1. The minimum Gasteiger partial charge on any atom is -0.364 e. The maximum absolute atomic E-state index is 12.7. The molecule has 0 saturated carbocycles. The summed E-state index contributed by atoms with van der Waals surface area (Å²) in [7, 11) is 0. The van der Waals surface area contributed by atoms with Crippen LogP contribution < -0.4 is 16.6 Å². The second-order valence-corrected chi connectivity index (χ2v) is 6.09. The molecule has 136 valence electrons. The lowest BCUT2D eigenvalue weighted by molar-refractivity contribution is 0.0994. The number of benzene rings is 1. The fraction of sp³-hybridized carbons (Fsp3) is 0.100. The largest absolute Gasteiger partial charge is 0.364 e. The van der Waals surface area contributed by atoms with Crippen LogP contribution >= 0.6 is 0 Å². The number of nitrogens with one attached hydrogen (secondary N) is 1. The van der Waals surface area contributed by atoms with Crippen molar-refractivity contribution in [2.75, 3.05) is 5.32 Å². The quantitative estimate of drug-likeness (QED) is 0.723. The van der Waals surface area contributed by atoms with Gasteiger partial charge >= 0.3 is 0 Å². The Balaban J connectivity index is 1.81. The van der Waals surface area contributed by atoms with Gasteiger partial charge in [-0.25, -0.2) is 4.98 Å². The van der Waals surface area contributed by atoms with Crippen LogP contribution in [0.3, 0.4) is 0 Å². The summed E-state index contributed by atoms with van der Waals surface area (Å²) in [5.41, 5.74) is 7.28. The zero-order valence-corrected chi connectivity index (χ0v) is 14.7. The van der Waals surface area contributed by atoms with Crippen molar-refractivity contribution in [3.05, 3.63) is 93.7 Å². The van der Waals surface area contributed by atoms with E-state index in [4.69, 9.17) is 5.73 Å². The van der Waals surface area contributed by atoms with E-state index in [9.17, 15) is 14.4 Å². The third kappa shape index (κ3) is 4.27. The van der Waals surface area contributed by atoms with Crippen molar-refractivity contribution in [1.82, 2.24) is 9.55 Å². The molecular weight excluding hydrogens is 344 g/mol. The molecule has 2 amide bonds. The number of carbonyl (C=O) groups is 2. The van der Waals surface area contributed by atoms with Gasteiger partial charge in [-0.05, 0) is 36.8 Å². The fourth-order valence-corrected chi connectivity index (χ4v) is 2.65. The molecule has 0 fully saturated rings. The van der Waals surface area contributed by atoms with Gasteiger partial charge in [0.05, 0.1) is 18.4 Å². The molecule has 1 aromatic carbocycles. The monoisotopic (exact) mass is 362 g/mol. The molecule has 3 rings (SSSR count). The van der Waals surface area contributed by atoms with E-state index in [-0.39, 0.29) is 11.3 Å².